The summed E-state index contributed by atoms with van der Waals surface area (Å²) in [5.74, 6) is 0.656. The van der Waals surface area contributed by atoms with Crippen LogP contribution in [-0.2, 0) is 12.8 Å². The maximum Gasteiger partial charge on any atom is 0.274 e. The highest BCUT2D eigenvalue weighted by atomic mass is 16.5. The molecule has 1 aromatic heterocycles. The summed E-state index contributed by atoms with van der Waals surface area (Å²) in [5.41, 5.74) is 4.41. The van der Waals surface area contributed by atoms with Gasteiger partial charge < -0.3 is 15.4 Å². The van der Waals surface area contributed by atoms with Gasteiger partial charge in [-0.15, -0.1) is 0 Å². The predicted molar refractivity (Wildman–Crippen MR) is 113 cm³/mol. The quantitative estimate of drug-likeness (QED) is 0.606. The monoisotopic (exact) mass is 375 g/mol. The maximum atomic E-state index is 12.4. The Morgan fingerprint density at radius 3 is 2.68 bits per heavy atom. The Balaban J connectivity index is 1.54. The first-order chi connectivity index (χ1) is 13.7. The molecule has 1 heterocycles. The summed E-state index contributed by atoms with van der Waals surface area (Å²) in [6.07, 6.45) is 3.42. The zero-order chi connectivity index (χ0) is 19.8. The molecule has 0 saturated carbocycles. The van der Waals surface area contributed by atoms with Gasteiger partial charge in [0.05, 0.1) is 19.0 Å². The third-order valence-corrected chi connectivity index (χ3v) is 4.52. The second kappa shape index (κ2) is 9.55. The summed E-state index contributed by atoms with van der Waals surface area (Å²) in [7, 11) is 1.67. The molecule has 0 aliphatic rings. The highest BCUT2D eigenvalue weighted by molar-refractivity contribution is 6.03. The number of nitrogens with one attached hydrogen (secondary N) is 2. The average molecular weight is 375 g/mol. The Hall–Kier alpha value is -3.34. The number of benzene rings is 2. The molecular weight excluding hydrogens is 350 g/mol. The normalized spacial score (nSPS) is 10.4. The van der Waals surface area contributed by atoms with E-state index in [0.29, 0.717) is 5.69 Å². The molecule has 0 fully saturated rings. The molecule has 0 aliphatic heterocycles. The third kappa shape index (κ3) is 5.10. The van der Waals surface area contributed by atoms with E-state index in [0.717, 1.165) is 42.1 Å². The lowest BCUT2D eigenvalue weighted by molar-refractivity contribution is 0.102. The third-order valence-electron chi connectivity index (χ3n) is 4.52. The number of para-hydroxylation sites is 1. The summed E-state index contributed by atoms with van der Waals surface area (Å²) >= 11 is 0. The van der Waals surface area contributed by atoms with Crippen molar-refractivity contribution >= 4 is 17.3 Å². The van der Waals surface area contributed by atoms with Gasteiger partial charge in [-0.05, 0) is 54.3 Å². The van der Waals surface area contributed by atoms with Gasteiger partial charge in [0.2, 0.25) is 0 Å². The van der Waals surface area contributed by atoms with Gasteiger partial charge in [0.1, 0.15) is 11.4 Å². The predicted octanol–water partition coefficient (Wildman–Crippen LogP) is 4.56. The van der Waals surface area contributed by atoms with E-state index in [2.05, 4.69) is 28.6 Å². The fraction of sp³-hybridized carbons (Fsp3) is 0.217. The molecule has 2 aromatic carbocycles. The molecule has 0 atom stereocenters. The number of anilines is 2. The lowest BCUT2D eigenvalue weighted by Crippen LogP contribution is -2.15. The lowest BCUT2D eigenvalue weighted by Gasteiger charge is -2.10. The SMILES string of the molecule is CCc1ccccc1NC(=O)c1ccc(NCCc2cccc(OC)c2)cn1. The van der Waals surface area contributed by atoms with E-state index in [9.17, 15) is 4.79 Å². The summed E-state index contributed by atoms with van der Waals surface area (Å²) in [5, 5.41) is 6.27. The van der Waals surface area contributed by atoms with Gasteiger partial charge in [-0.2, -0.15) is 0 Å². The molecule has 0 unspecified atom stereocenters. The van der Waals surface area contributed by atoms with Gasteiger partial charge in [-0.1, -0.05) is 37.3 Å². The number of pyridine rings is 1. The average Bonchev–Trinajstić information content (AvgIpc) is 2.74. The molecule has 1 amide bonds. The van der Waals surface area contributed by atoms with E-state index in [1.54, 1.807) is 19.4 Å². The van der Waals surface area contributed by atoms with Crippen molar-refractivity contribution in [2.24, 2.45) is 0 Å². The molecule has 28 heavy (non-hydrogen) atoms. The van der Waals surface area contributed by atoms with Crippen LogP contribution < -0.4 is 15.4 Å². The maximum absolute atomic E-state index is 12.4. The van der Waals surface area contributed by atoms with Gasteiger partial charge in [-0.3, -0.25) is 4.79 Å². The number of aromatic nitrogens is 1. The van der Waals surface area contributed by atoms with Crippen LogP contribution in [0.1, 0.15) is 28.5 Å². The lowest BCUT2D eigenvalue weighted by atomic mass is 10.1. The minimum Gasteiger partial charge on any atom is -0.497 e. The van der Waals surface area contributed by atoms with Crippen molar-refractivity contribution in [2.75, 3.05) is 24.3 Å². The first-order valence-electron chi connectivity index (χ1n) is 9.41. The molecular formula is C23H25N3O2. The Labute approximate surface area is 165 Å². The van der Waals surface area contributed by atoms with Gasteiger partial charge in [0, 0.05) is 12.2 Å². The van der Waals surface area contributed by atoms with Crippen LogP contribution in [0.2, 0.25) is 0 Å². The van der Waals surface area contributed by atoms with Crippen molar-refractivity contribution < 1.29 is 9.53 Å². The van der Waals surface area contributed by atoms with Gasteiger partial charge in [0.25, 0.3) is 5.91 Å². The van der Waals surface area contributed by atoms with Crippen molar-refractivity contribution in [3.63, 3.8) is 0 Å². The number of hydrogen-bond acceptors (Lipinski definition) is 4. The summed E-state index contributed by atoms with van der Waals surface area (Å²) < 4.78 is 5.24. The highest BCUT2D eigenvalue weighted by Crippen LogP contribution is 2.17. The summed E-state index contributed by atoms with van der Waals surface area (Å²) in [4.78, 5) is 16.7. The smallest absolute Gasteiger partial charge is 0.274 e. The van der Waals surface area contributed by atoms with Crippen LogP contribution in [0, 0.1) is 0 Å². The standard InChI is InChI=1S/C23H25N3O2/c1-3-18-8-4-5-10-21(18)26-23(27)22-12-11-19(16-25-22)24-14-13-17-7-6-9-20(15-17)28-2/h4-12,15-16,24H,3,13-14H2,1-2H3,(H,26,27). The molecule has 3 rings (SSSR count). The number of methoxy groups -OCH3 is 1. The fourth-order valence-electron chi connectivity index (χ4n) is 2.95. The van der Waals surface area contributed by atoms with E-state index >= 15 is 0 Å². The number of hydrogen-bond donors (Lipinski definition) is 2. The van der Waals surface area contributed by atoms with Crippen molar-refractivity contribution in [1.29, 1.82) is 0 Å². The van der Waals surface area contributed by atoms with Gasteiger partial charge in [0.15, 0.2) is 0 Å². The molecule has 0 radical (unpaired) electrons. The summed E-state index contributed by atoms with van der Waals surface area (Å²) in [6, 6.07) is 19.4. The number of amides is 1. The highest BCUT2D eigenvalue weighted by Gasteiger charge is 2.09. The van der Waals surface area contributed by atoms with Crippen LogP contribution in [0.5, 0.6) is 5.75 Å². The molecule has 5 nitrogen and oxygen atoms in total. The second-order valence-electron chi connectivity index (χ2n) is 6.43. The number of nitrogens with zero attached hydrogens (tertiary/aromatic N) is 1. The zero-order valence-electron chi connectivity index (χ0n) is 16.2. The van der Waals surface area contributed by atoms with E-state index < -0.39 is 0 Å². The Morgan fingerprint density at radius 2 is 1.93 bits per heavy atom. The first kappa shape index (κ1) is 19.4. The number of ether oxygens (including phenoxy) is 1. The van der Waals surface area contributed by atoms with Gasteiger partial charge in [-0.25, -0.2) is 4.98 Å². The molecule has 0 spiro atoms. The molecule has 144 valence electrons. The fourth-order valence-corrected chi connectivity index (χ4v) is 2.95. The van der Waals surface area contributed by atoms with E-state index in [1.807, 2.05) is 48.5 Å². The number of rotatable bonds is 8. The molecule has 3 aromatic rings. The zero-order valence-corrected chi connectivity index (χ0v) is 16.2. The Bertz CT molecular complexity index is 923. The number of carbonyl (C=O) groups is 1. The van der Waals surface area contributed by atoms with E-state index in [1.165, 1.54) is 5.56 Å². The van der Waals surface area contributed by atoms with Crippen LogP contribution in [0.15, 0.2) is 66.9 Å². The Kier molecular flexibility index (Phi) is 6.63. The minimum atomic E-state index is -0.205. The van der Waals surface area contributed by atoms with Crippen molar-refractivity contribution in [1.82, 2.24) is 4.98 Å². The van der Waals surface area contributed by atoms with Gasteiger partial charge >= 0.3 is 0 Å². The van der Waals surface area contributed by atoms with Crippen molar-refractivity contribution in [3.05, 3.63) is 83.7 Å². The molecule has 2 N–H and O–H groups in total. The van der Waals surface area contributed by atoms with Crippen molar-refractivity contribution in [3.8, 4) is 5.75 Å². The topological polar surface area (TPSA) is 63.2 Å². The van der Waals surface area contributed by atoms with Crippen LogP contribution in [0.25, 0.3) is 0 Å². The first-order valence-corrected chi connectivity index (χ1v) is 9.41. The minimum absolute atomic E-state index is 0.205. The molecule has 0 bridgehead atoms. The number of carbonyl (C=O) groups excluding carboxylic acids is 1. The van der Waals surface area contributed by atoms with E-state index in [4.69, 9.17) is 4.74 Å². The van der Waals surface area contributed by atoms with Crippen LogP contribution in [-0.4, -0.2) is 24.5 Å². The van der Waals surface area contributed by atoms with Crippen LogP contribution >= 0.6 is 0 Å². The molecule has 0 aliphatic carbocycles. The van der Waals surface area contributed by atoms with Crippen molar-refractivity contribution in [2.45, 2.75) is 19.8 Å². The van der Waals surface area contributed by atoms with Crippen LogP contribution in [0.3, 0.4) is 0 Å². The van der Waals surface area contributed by atoms with E-state index in [-0.39, 0.29) is 5.91 Å². The largest absolute Gasteiger partial charge is 0.497 e. The molecule has 5 heteroatoms. The van der Waals surface area contributed by atoms with Crippen LogP contribution in [0.4, 0.5) is 11.4 Å². The molecule has 0 saturated heterocycles. The second-order valence-corrected chi connectivity index (χ2v) is 6.43. The summed E-state index contributed by atoms with van der Waals surface area (Å²) in [6.45, 7) is 2.83. The number of aryl methyl sites for hydroxylation is 1. The Morgan fingerprint density at radius 1 is 1.07 bits per heavy atom.